The van der Waals surface area contributed by atoms with E-state index in [0.717, 1.165) is 12.1 Å². The first-order valence-electron chi connectivity index (χ1n) is 6.22. The number of carboxylic acid groups (broad SMARTS) is 1. The molecule has 0 unspecified atom stereocenters. The van der Waals surface area contributed by atoms with Crippen LogP contribution in [0.3, 0.4) is 0 Å². The number of anilines is 2. The van der Waals surface area contributed by atoms with Gasteiger partial charge < -0.3 is 15.7 Å². The fourth-order valence-corrected chi connectivity index (χ4v) is 2.30. The summed E-state index contributed by atoms with van der Waals surface area (Å²) < 4.78 is 34.5. The average molecular weight is 338 g/mol. The number of carbonyl (C=O) groups excluding carboxylic acids is 1. The van der Waals surface area contributed by atoms with Crippen molar-refractivity contribution >= 4 is 33.6 Å². The molecule has 7 nitrogen and oxygen atoms in total. The van der Waals surface area contributed by atoms with E-state index in [2.05, 4.69) is 10.6 Å². The molecule has 0 aromatic heterocycles. The molecule has 2 aromatic rings. The van der Waals surface area contributed by atoms with E-state index < -0.39 is 27.1 Å². The maximum absolute atomic E-state index is 12.9. The van der Waals surface area contributed by atoms with Crippen molar-refractivity contribution in [1.82, 2.24) is 0 Å². The van der Waals surface area contributed by atoms with Gasteiger partial charge in [-0.25, -0.2) is 9.59 Å². The van der Waals surface area contributed by atoms with Gasteiger partial charge in [0, 0.05) is 5.69 Å². The van der Waals surface area contributed by atoms with Gasteiger partial charge >= 0.3 is 22.2 Å². The van der Waals surface area contributed by atoms with Gasteiger partial charge in [-0.1, -0.05) is 18.2 Å². The smallest absolute Gasteiger partial charge is 0.337 e. The van der Waals surface area contributed by atoms with Gasteiger partial charge in [-0.3, -0.25) is 0 Å². The van der Waals surface area contributed by atoms with E-state index in [-0.39, 0.29) is 16.9 Å². The topological polar surface area (TPSA) is 113 Å². The molecule has 2 rings (SSSR count). The SMILES string of the molecule is O=C(Nc1cccc(S(=O)(=O)F)c1)Nc1ccccc1C(=O)O. The van der Waals surface area contributed by atoms with Gasteiger partial charge in [-0.15, -0.1) is 3.89 Å². The van der Waals surface area contributed by atoms with Gasteiger partial charge in [0.1, 0.15) is 4.90 Å². The molecule has 0 bridgehead atoms. The second-order valence-electron chi connectivity index (χ2n) is 4.40. The number of nitrogens with one attached hydrogen (secondary N) is 2. The molecular formula is C14H11FN2O5S. The second-order valence-corrected chi connectivity index (χ2v) is 5.74. The van der Waals surface area contributed by atoms with E-state index in [9.17, 15) is 21.9 Å². The summed E-state index contributed by atoms with van der Waals surface area (Å²) in [4.78, 5) is 22.3. The molecule has 0 radical (unpaired) electrons. The summed E-state index contributed by atoms with van der Waals surface area (Å²) in [7, 11) is -4.89. The van der Waals surface area contributed by atoms with E-state index in [0.29, 0.717) is 0 Å². The lowest BCUT2D eigenvalue weighted by molar-refractivity contribution is 0.0698. The van der Waals surface area contributed by atoms with Crippen molar-refractivity contribution in [2.75, 3.05) is 10.6 Å². The minimum atomic E-state index is -4.89. The average Bonchev–Trinajstić information content (AvgIpc) is 2.46. The zero-order valence-corrected chi connectivity index (χ0v) is 12.3. The maximum atomic E-state index is 12.9. The zero-order chi connectivity index (χ0) is 17.0. The van der Waals surface area contributed by atoms with Crippen molar-refractivity contribution in [3.63, 3.8) is 0 Å². The minimum absolute atomic E-state index is 0.0361. The monoisotopic (exact) mass is 338 g/mol. The highest BCUT2D eigenvalue weighted by atomic mass is 32.3. The van der Waals surface area contributed by atoms with Crippen molar-refractivity contribution < 1.29 is 27.0 Å². The Kier molecular flexibility index (Phi) is 4.60. The lowest BCUT2D eigenvalue weighted by Crippen LogP contribution is -2.21. The Morgan fingerprint density at radius 3 is 2.35 bits per heavy atom. The van der Waals surface area contributed by atoms with Crippen LogP contribution >= 0.6 is 0 Å². The Hall–Kier alpha value is -2.94. The third-order valence-electron chi connectivity index (χ3n) is 2.78. The molecule has 120 valence electrons. The summed E-state index contributed by atoms with van der Waals surface area (Å²) in [6.07, 6.45) is 0. The fourth-order valence-electron chi connectivity index (χ4n) is 1.79. The summed E-state index contributed by atoms with van der Waals surface area (Å²) in [5.41, 5.74) is -0.0106. The summed E-state index contributed by atoms with van der Waals surface area (Å²) in [5, 5.41) is 13.6. The summed E-state index contributed by atoms with van der Waals surface area (Å²) in [6.45, 7) is 0. The van der Waals surface area contributed by atoms with E-state index in [4.69, 9.17) is 5.11 Å². The molecule has 2 aromatic carbocycles. The van der Waals surface area contributed by atoms with Crippen LogP contribution in [0.25, 0.3) is 0 Å². The van der Waals surface area contributed by atoms with Crippen molar-refractivity contribution in [2.24, 2.45) is 0 Å². The number of hydrogen-bond acceptors (Lipinski definition) is 4. The zero-order valence-electron chi connectivity index (χ0n) is 11.5. The van der Waals surface area contributed by atoms with Gasteiger partial charge in [0.15, 0.2) is 0 Å². The highest BCUT2D eigenvalue weighted by Gasteiger charge is 2.14. The fraction of sp³-hybridized carbons (Fsp3) is 0. The molecule has 0 heterocycles. The van der Waals surface area contributed by atoms with E-state index >= 15 is 0 Å². The lowest BCUT2D eigenvalue weighted by Gasteiger charge is -2.10. The second kappa shape index (κ2) is 6.44. The Morgan fingerprint density at radius 1 is 1.00 bits per heavy atom. The quantitative estimate of drug-likeness (QED) is 0.742. The van der Waals surface area contributed by atoms with Crippen LogP contribution in [0.2, 0.25) is 0 Å². The normalized spacial score (nSPS) is 10.8. The number of carboxylic acids is 1. The third kappa shape index (κ3) is 4.27. The predicted octanol–water partition coefficient (Wildman–Crippen LogP) is 2.69. The largest absolute Gasteiger partial charge is 0.478 e. The summed E-state index contributed by atoms with van der Waals surface area (Å²) in [5.74, 6) is -1.22. The number of halogens is 1. The number of para-hydroxylation sites is 1. The van der Waals surface area contributed by atoms with Crippen LogP contribution in [0.4, 0.5) is 20.1 Å². The molecule has 9 heteroatoms. The molecule has 0 saturated heterocycles. The van der Waals surface area contributed by atoms with Crippen molar-refractivity contribution in [2.45, 2.75) is 4.90 Å². The number of benzene rings is 2. The molecule has 2 amide bonds. The van der Waals surface area contributed by atoms with Gasteiger partial charge in [0.2, 0.25) is 0 Å². The molecule has 0 fully saturated rings. The van der Waals surface area contributed by atoms with Crippen LogP contribution in [-0.2, 0) is 10.2 Å². The first-order chi connectivity index (χ1) is 10.8. The molecule has 0 spiro atoms. The molecule has 23 heavy (non-hydrogen) atoms. The number of urea groups is 1. The highest BCUT2D eigenvalue weighted by Crippen LogP contribution is 2.19. The molecule has 0 aliphatic carbocycles. The van der Waals surface area contributed by atoms with Crippen LogP contribution in [0.1, 0.15) is 10.4 Å². The Balaban J connectivity index is 2.17. The van der Waals surface area contributed by atoms with Crippen molar-refractivity contribution in [1.29, 1.82) is 0 Å². The van der Waals surface area contributed by atoms with Crippen LogP contribution in [0.15, 0.2) is 53.4 Å². The summed E-state index contributed by atoms with van der Waals surface area (Å²) in [6, 6.07) is 9.55. The molecule has 0 aliphatic rings. The number of hydrogen-bond donors (Lipinski definition) is 3. The Morgan fingerprint density at radius 2 is 1.70 bits per heavy atom. The van der Waals surface area contributed by atoms with Crippen LogP contribution in [0, 0.1) is 0 Å². The van der Waals surface area contributed by atoms with E-state index in [1.807, 2.05) is 0 Å². The molecule has 0 saturated carbocycles. The first-order valence-corrected chi connectivity index (χ1v) is 7.61. The number of carbonyl (C=O) groups is 2. The Labute approximate surface area is 131 Å². The third-order valence-corrected chi connectivity index (χ3v) is 3.60. The standard InChI is InChI=1S/C14H11FN2O5S/c15-23(21,22)10-5-3-4-9(8-10)16-14(20)17-12-7-2-1-6-11(12)13(18)19/h1-8H,(H,18,19)(H2,16,17,20). The number of rotatable bonds is 4. The van der Waals surface area contributed by atoms with E-state index in [1.54, 1.807) is 6.07 Å². The van der Waals surface area contributed by atoms with Gasteiger partial charge in [-0.2, -0.15) is 8.42 Å². The molecule has 3 N–H and O–H groups in total. The van der Waals surface area contributed by atoms with Crippen LogP contribution < -0.4 is 10.6 Å². The Bertz CT molecular complexity index is 867. The lowest BCUT2D eigenvalue weighted by atomic mass is 10.2. The predicted molar refractivity (Wildman–Crippen MR) is 80.8 cm³/mol. The van der Waals surface area contributed by atoms with Crippen molar-refractivity contribution in [3.8, 4) is 0 Å². The van der Waals surface area contributed by atoms with E-state index in [1.165, 1.54) is 30.3 Å². The maximum Gasteiger partial charge on any atom is 0.337 e. The van der Waals surface area contributed by atoms with Crippen LogP contribution in [-0.4, -0.2) is 25.5 Å². The molecule has 0 atom stereocenters. The number of aromatic carboxylic acids is 1. The minimum Gasteiger partial charge on any atom is -0.478 e. The van der Waals surface area contributed by atoms with Gasteiger partial charge in [-0.05, 0) is 30.3 Å². The van der Waals surface area contributed by atoms with Gasteiger partial charge in [0.25, 0.3) is 0 Å². The van der Waals surface area contributed by atoms with Crippen LogP contribution in [0.5, 0.6) is 0 Å². The molecular weight excluding hydrogens is 327 g/mol. The van der Waals surface area contributed by atoms with Crippen molar-refractivity contribution in [3.05, 3.63) is 54.1 Å². The highest BCUT2D eigenvalue weighted by molar-refractivity contribution is 7.86. The van der Waals surface area contributed by atoms with Gasteiger partial charge in [0.05, 0.1) is 11.3 Å². The molecule has 0 aliphatic heterocycles. The summed E-state index contributed by atoms with van der Waals surface area (Å²) >= 11 is 0. The number of amides is 2. The first kappa shape index (κ1) is 16.4.